The zero-order chi connectivity index (χ0) is 14.2. The number of hydrogen-bond donors (Lipinski definition) is 3. The van der Waals surface area contributed by atoms with Crippen LogP contribution in [-0.4, -0.2) is 39.5 Å². The molecule has 0 bridgehead atoms. The zero-order valence-corrected chi connectivity index (χ0v) is 12.0. The van der Waals surface area contributed by atoms with Crippen LogP contribution in [0.25, 0.3) is 0 Å². The Morgan fingerprint density at radius 3 is 2.63 bits per heavy atom. The van der Waals surface area contributed by atoms with Crippen molar-refractivity contribution in [2.24, 2.45) is 5.14 Å². The van der Waals surface area contributed by atoms with Crippen molar-refractivity contribution in [3.05, 3.63) is 17.7 Å². The van der Waals surface area contributed by atoms with Gasteiger partial charge in [-0.25, -0.2) is 13.6 Å². The van der Waals surface area contributed by atoms with E-state index in [-0.39, 0.29) is 4.90 Å². The van der Waals surface area contributed by atoms with Gasteiger partial charge in [0, 0.05) is 24.0 Å². The van der Waals surface area contributed by atoms with E-state index < -0.39 is 10.0 Å². The van der Waals surface area contributed by atoms with Crippen molar-refractivity contribution >= 4 is 21.4 Å². The summed E-state index contributed by atoms with van der Waals surface area (Å²) >= 11 is 0. The number of nitrogens with one attached hydrogen (secondary N) is 1. The van der Waals surface area contributed by atoms with Crippen LogP contribution >= 0.6 is 0 Å². The second-order valence-electron chi connectivity index (χ2n) is 5.13. The summed E-state index contributed by atoms with van der Waals surface area (Å²) in [7, 11) is -1.69. The van der Waals surface area contributed by atoms with Gasteiger partial charge in [-0.15, -0.1) is 0 Å². The molecule has 1 unspecified atom stereocenters. The first kappa shape index (κ1) is 14.1. The lowest BCUT2D eigenvalue weighted by atomic mass is 10.1. The monoisotopic (exact) mass is 284 g/mol. The summed E-state index contributed by atoms with van der Waals surface area (Å²) in [6.07, 6.45) is 1.02. The SMILES string of the molecule is Cc1c(NC2CCN(C)C2)cc(N)cc1S(N)(=O)=O. The Bertz CT molecular complexity index is 586. The third-order valence-corrected chi connectivity index (χ3v) is 4.48. The van der Waals surface area contributed by atoms with Gasteiger partial charge < -0.3 is 16.0 Å². The molecule has 0 radical (unpaired) electrons. The molecule has 0 saturated carbocycles. The van der Waals surface area contributed by atoms with Crippen molar-refractivity contribution < 1.29 is 8.42 Å². The molecule has 5 N–H and O–H groups in total. The van der Waals surface area contributed by atoms with E-state index in [0.29, 0.717) is 17.3 Å². The normalized spacial score (nSPS) is 20.7. The topological polar surface area (TPSA) is 101 Å². The van der Waals surface area contributed by atoms with Gasteiger partial charge in [0.1, 0.15) is 0 Å². The highest BCUT2D eigenvalue weighted by atomic mass is 32.2. The summed E-state index contributed by atoms with van der Waals surface area (Å²) in [5.74, 6) is 0. The maximum atomic E-state index is 11.5. The van der Waals surface area contributed by atoms with Crippen LogP contribution in [-0.2, 0) is 10.0 Å². The number of anilines is 2. The molecule has 1 aromatic carbocycles. The van der Waals surface area contributed by atoms with Crippen LogP contribution in [0.5, 0.6) is 0 Å². The van der Waals surface area contributed by atoms with E-state index in [2.05, 4.69) is 17.3 Å². The van der Waals surface area contributed by atoms with Gasteiger partial charge in [0.05, 0.1) is 4.90 Å². The molecule has 0 amide bonds. The summed E-state index contributed by atoms with van der Waals surface area (Å²) in [5, 5.41) is 8.56. The lowest BCUT2D eigenvalue weighted by molar-refractivity contribution is 0.414. The van der Waals surface area contributed by atoms with Crippen LogP contribution in [0.4, 0.5) is 11.4 Å². The third-order valence-electron chi connectivity index (χ3n) is 3.44. The van der Waals surface area contributed by atoms with Gasteiger partial charge in [0.25, 0.3) is 0 Å². The highest BCUT2D eigenvalue weighted by Crippen LogP contribution is 2.27. The highest BCUT2D eigenvalue weighted by Gasteiger charge is 2.21. The second-order valence-corrected chi connectivity index (χ2v) is 6.66. The van der Waals surface area contributed by atoms with E-state index in [9.17, 15) is 8.42 Å². The number of likely N-dealkylation sites (tertiary alicyclic amines) is 1. The van der Waals surface area contributed by atoms with Crippen LogP contribution < -0.4 is 16.2 Å². The number of sulfonamides is 1. The fraction of sp³-hybridized carbons (Fsp3) is 0.500. The number of primary sulfonamides is 1. The van der Waals surface area contributed by atoms with Crippen molar-refractivity contribution in [3.8, 4) is 0 Å². The van der Waals surface area contributed by atoms with Crippen LogP contribution in [0, 0.1) is 6.92 Å². The number of likely N-dealkylation sites (N-methyl/N-ethyl adjacent to an activating group) is 1. The molecule has 1 aliphatic heterocycles. The van der Waals surface area contributed by atoms with E-state index >= 15 is 0 Å². The van der Waals surface area contributed by atoms with E-state index in [1.54, 1.807) is 13.0 Å². The number of benzene rings is 1. The Labute approximate surface area is 113 Å². The van der Waals surface area contributed by atoms with Gasteiger partial charge in [-0.2, -0.15) is 0 Å². The molecule has 1 aromatic rings. The quantitative estimate of drug-likeness (QED) is 0.695. The smallest absolute Gasteiger partial charge is 0.238 e. The molecule has 7 heteroatoms. The molecule has 2 rings (SSSR count). The fourth-order valence-electron chi connectivity index (χ4n) is 2.43. The molecule has 6 nitrogen and oxygen atoms in total. The first-order valence-electron chi connectivity index (χ1n) is 6.15. The minimum Gasteiger partial charge on any atom is -0.399 e. The van der Waals surface area contributed by atoms with Crippen LogP contribution in [0.3, 0.4) is 0 Å². The predicted octanol–water partition coefficient (Wildman–Crippen LogP) is 0.341. The van der Waals surface area contributed by atoms with Crippen LogP contribution in [0.15, 0.2) is 17.0 Å². The minimum absolute atomic E-state index is 0.0846. The summed E-state index contributed by atoms with van der Waals surface area (Å²) in [4.78, 5) is 2.31. The summed E-state index contributed by atoms with van der Waals surface area (Å²) < 4.78 is 23.1. The average Bonchev–Trinajstić information content (AvgIpc) is 2.67. The van der Waals surface area contributed by atoms with Gasteiger partial charge in [-0.1, -0.05) is 0 Å². The molecule has 0 aromatic heterocycles. The van der Waals surface area contributed by atoms with Gasteiger partial charge in [0.2, 0.25) is 10.0 Å². The number of rotatable bonds is 3. The first-order valence-corrected chi connectivity index (χ1v) is 7.70. The molecule has 19 heavy (non-hydrogen) atoms. The van der Waals surface area contributed by atoms with Crippen LogP contribution in [0.2, 0.25) is 0 Å². The summed E-state index contributed by atoms with van der Waals surface area (Å²) in [6, 6.07) is 3.46. The Morgan fingerprint density at radius 1 is 1.42 bits per heavy atom. The van der Waals surface area contributed by atoms with Crippen molar-refractivity contribution in [1.82, 2.24) is 4.90 Å². The Hall–Kier alpha value is -1.31. The van der Waals surface area contributed by atoms with Crippen molar-refractivity contribution in [1.29, 1.82) is 0 Å². The Balaban J connectivity index is 2.33. The Kier molecular flexibility index (Phi) is 3.71. The third kappa shape index (κ3) is 3.17. The molecular formula is C12H20N4O2S. The summed E-state index contributed by atoms with van der Waals surface area (Å²) in [6.45, 7) is 3.69. The first-order chi connectivity index (χ1) is 8.77. The Morgan fingerprint density at radius 2 is 2.11 bits per heavy atom. The molecule has 1 aliphatic rings. The lowest BCUT2D eigenvalue weighted by Crippen LogP contribution is -2.24. The van der Waals surface area contributed by atoms with E-state index in [0.717, 1.165) is 25.2 Å². The molecule has 106 valence electrons. The number of nitrogens with two attached hydrogens (primary N) is 2. The molecule has 1 fully saturated rings. The molecule has 1 heterocycles. The maximum Gasteiger partial charge on any atom is 0.238 e. The molecule has 1 atom stereocenters. The van der Waals surface area contributed by atoms with Crippen molar-refractivity contribution in [3.63, 3.8) is 0 Å². The standard InChI is InChI=1S/C12H20N4O2S/c1-8-11(15-10-3-4-16(2)7-10)5-9(13)6-12(8)19(14,17)18/h5-6,10,15H,3-4,7,13H2,1-2H3,(H2,14,17,18). The number of nitrogen functional groups attached to an aromatic ring is 1. The van der Waals surface area contributed by atoms with Gasteiger partial charge >= 0.3 is 0 Å². The minimum atomic E-state index is -3.75. The second kappa shape index (κ2) is 4.99. The number of nitrogens with zero attached hydrogens (tertiary/aromatic N) is 1. The number of hydrogen-bond acceptors (Lipinski definition) is 5. The average molecular weight is 284 g/mol. The van der Waals surface area contributed by atoms with E-state index in [1.807, 2.05) is 0 Å². The van der Waals surface area contributed by atoms with Crippen molar-refractivity contribution in [2.45, 2.75) is 24.3 Å². The predicted molar refractivity (Wildman–Crippen MR) is 76.5 cm³/mol. The molecule has 0 aliphatic carbocycles. The van der Waals surface area contributed by atoms with Crippen LogP contribution in [0.1, 0.15) is 12.0 Å². The van der Waals surface area contributed by atoms with E-state index in [1.165, 1.54) is 6.07 Å². The summed E-state index contributed by atoms with van der Waals surface area (Å²) in [5.41, 5.74) is 7.51. The highest BCUT2D eigenvalue weighted by molar-refractivity contribution is 7.89. The fourth-order valence-corrected chi connectivity index (χ4v) is 3.26. The van der Waals surface area contributed by atoms with Gasteiger partial charge in [0.15, 0.2) is 0 Å². The van der Waals surface area contributed by atoms with Gasteiger partial charge in [-0.3, -0.25) is 0 Å². The van der Waals surface area contributed by atoms with E-state index in [4.69, 9.17) is 10.9 Å². The lowest BCUT2D eigenvalue weighted by Gasteiger charge is -2.18. The molecule has 1 saturated heterocycles. The maximum absolute atomic E-state index is 11.5. The van der Waals surface area contributed by atoms with Gasteiger partial charge in [-0.05, 0) is 44.6 Å². The molecular weight excluding hydrogens is 264 g/mol. The largest absolute Gasteiger partial charge is 0.399 e. The zero-order valence-electron chi connectivity index (χ0n) is 11.2. The molecule has 0 spiro atoms. The van der Waals surface area contributed by atoms with Crippen molar-refractivity contribution in [2.75, 3.05) is 31.2 Å².